The second kappa shape index (κ2) is 7.92. The van der Waals surface area contributed by atoms with Crippen molar-refractivity contribution in [1.29, 1.82) is 0 Å². The summed E-state index contributed by atoms with van der Waals surface area (Å²) in [6.45, 7) is 1.74. The molecule has 0 saturated carbocycles. The summed E-state index contributed by atoms with van der Waals surface area (Å²) in [4.78, 5) is 12.1. The summed E-state index contributed by atoms with van der Waals surface area (Å²) in [5, 5.41) is 19.9. The number of carbonyl (C=O) groups is 1. The molecule has 0 spiro atoms. The standard InChI is InChI=1S/C15H17BrN4O2.ClH/c16-11-2-1-3-12(6-11)20-5-4-13(19-20)15(22)18-8-10-7-17-9-14(10)21;/h1-6,10,14,17,21H,7-9H2,(H,18,22);1H. The molecule has 0 aliphatic carbocycles. The molecule has 1 aromatic heterocycles. The van der Waals surface area contributed by atoms with E-state index in [4.69, 9.17) is 0 Å². The lowest BCUT2D eigenvalue weighted by Crippen LogP contribution is -2.34. The summed E-state index contributed by atoms with van der Waals surface area (Å²) < 4.78 is 2.61. The van der Waals surface area contributed by atoms with E-state index >= 15 is 0 Å². The number of aliphatic hydroxyl groups is 1. The average Bonchev–Trinajstić information content (AvgIpc) is 3.14. The second-order valence-corrected chi connectivity index (χ2v) is 6.24. The minimum atomic E-state index is -0.403. The Hall–Kier alpha value is -1.41. The first-order chi connectivity index (χ1) is 10.6. The number of benzene rings is 1. The van der Waals surface area contributed by atoms with Crippen LogP contribution in [-0.4, -0.2) is 46.5 Å². The zero-order chi connectivity index (χ0) is 15.5. The molecule has 2 atom stereocenters. The molecule has 124 valence electrons. The van der Waals surface area contributed by atoms with Crippen molar-refractivity contribution < 1.29 is 9.90 Å². The van der Waals surface area contributed by atoms with E-state index in [0.29, 0.717) is 25.3 Å². The lowest BCUT2D eigenvalue weighted by molar-refractivity contribution is 0.0921. The van der Waals surface area contributed by atoms with Crippen molar-refractivity contribution in [2.24, 2.45) is 5.92 Å². The van der Waals surface area contributed by atoms with Gasteiger partial charge >= 0.3 is 0 Å². The maximum absolute atomic E-state index is 12.1. The van der Waals surface area contributed by atoms with E-state index in [0.717, 1.165) is 10.2 Å². The molecule has 23 heavy (non-hydrogen) atoms. The first-order valence-electron chi connectivity index (χ1n) is 7.12. The van der Waals surface area contributed by atoms with Gasteiger partial charge in [-0.25, -0.2) is 4.68 Å². The summed E-state index contributed by atoms with van der Waals surface area (Å²) >= 11 is 3.41. The Bertz CT molecular complexity index is 679. The minimum absolute atomic E-state index is 0. The molecule has 8 heteroatoms. The first kappa shape index (κ1) is 17.9. The van der Waals surface area contributed by atoms with Gasteiger partial charge in [-0.05, 0) is 24.3 Å². The van der Waals surface area contributed by atoms with E-state index in [1.807, 2.05) is 24.3 Å². The van der Waals surface area contributed by atoms with Crippen LogP contribution in [0.5, 0.6) is 0 Å². The molecule has 2 heterocycles. The summed E-state index contributed by atoms with van der Waals surface area (Å²) in [6.07, 6.45) is 1.35. The molecule has 2 unspecified atom stereocenters. The predicted octanol–water partition coefficient (Wildman–Crippen LogP) is 1.37. The number of aromatic nitrogens is 2. The molecular weight excluding hydrogens is 384 g/mol. The Balaban J connectivity index is 0.00000192. The van der Waals surface area contributed by atoms with Crippen molar-refractivity contribution in [3.63, 3.8) is 0 Å². The van der Waals surface area contributed by atoms with Gasteiger partial charge < -0.3 is 15.7 Å². The van der Waals surface area contributed by atoms with Gasteiger partial charge in [0.2, 0.25) is 0 Å². The fourth-order valence-corrected chi connectivity index (χ4v) is 2.84. The molecule has 2 aromatic rings. The van der Waals surface area contributed by atoms with Crippen molar-refractivity contribution in [2.75, 3.05) is 19.6 Å². The van der Waals surface area contributed by atoms with Gasteiger partial charge in [-0.15, -0.1) is 12.4 Å². The number of carbonyl (C=O) groups excluding carboxylic acids is 1. The summed E-state index contributed by atoms with van der Waals surface area (Å²) in [5.41, 5.74) is 1.24. The highest BCUT2D eigenvalue weighted by Crippen LogP contribution is 2.15. The molecule has 1 saturated heterocycles. The van der Waals surface area contributed by atoms with Crippen LogP contribution in [0.15, 0.2) is 41.0 Å². The van der Waals surface area contributed by atoms with Gasteiger partial charge in [0.25, 0.3) is 5.91 Å². The van der Waals surface area contributed by atoms with Crippen LogP contribution >= 0.6 is 28.3 Å². The van der Waals surface area contributed by atoms with Crippen molar-refractivity contribution in [3.8, 4) is 5.69 Å². The van der Waals surface area contributed by atoms with Crippen LogP contribution in [0.2, 0.25) is 0 Å². The minimum Gasteiger partial charge on any atom is -0.391 e. The van der Waals surface area contributed by atoms with Gasteiger partial charge in [0.05, 0.1) is 11.8 Å². The van der Waals surface area contributed by atoms with Gasteiger partial charge in [0, 0.05) is 36.2 Å². The summed E-state index contributed by atoms with van der Waals surface area (Å²) in [6, 6.07) is 9.37. The smallest absolute Gasteiger partial charge is 0.271 e. The third kappa shape index (κ3) is 4.32. The third-order valence-corrected chi connectivity index (χ3v) is 4.22. The summed E-state index contributed by atoms with van der Waals surface area (Å²) in [7, 11) is 0. The number of halogens is 2. The van der Waals surface area contributed by atoms with E-state index in [1.54, 1.807) is 16.9 Å². The monoisotopic (exact) mass is 400 g/mol. The number of hydrogen-bond donors (Lipinski definition) is 3. The Morgan fingerprint density at radius 1 is 1.43 bits per heavy atom. The highest BCUT2D eigenvalue weighted by Gasteiger charge is 2.25. The molecule has 1 aliphatic rings. The number of amides is 1. The van der Waals surface area contributed by atoms with Crippen LogP contribution in [0, 0.1) is 5.92 Å². The maximum atomic E-state index is 12.1. The van der Waals surface area contributed by atoms with Gasteiger partial charge in [-0.2, -0.15) is 5.10 Å². The average molecular weight is 402 g/mol. The lowest BCUT2D eigenvalue weighted by Gasteiger charge is -2.13. The topological polar surface area (TPSA) is 79.2 Å². The lowest BCUT2D eigenvalue weighted by atomic mass is 10.1. The van der Waals surface area contributed by atoms with E-state index in [2.05, 4.69) is 31.7 Å². The zero-order valence-electron chi connectivity index (χ0n) is 12.3. The van der Waals surface area contributed by atoms with Crippen molar-refractivity contribution in [3.05, 3.63) is 46.7 Å². The van der Waals surface area contributed by atoms with Crippen molar-refractivity contribution in [2.45, 2.75) is 6.10 Å². The number of β-amino-alcohol motifs (C(OH)–C–C–N with tert-alkyl or cyclic N) is 1. The van der Waals surface area contributed by atoms with E-state index in [1.165, 1.54) is 0 Å². The molecule has 1 aromatic carbocycles. The van der Waals surface area contributed by atoms with Crippen LogP contribution < -0.4 is 10.6 Å². The normalized spacial score (nSPS) is 20.1. The molecule has 1 aliphatic heterocycles. The SMILES string of the molecule is Cl.O=C(NCC1CNCC1O)c1ccn(-c2cccc(Br)c2)n1. The molecular formula is C15H18BrClN4O2. The number of hydrogen-bond acceptors (Lipinski definition) is 4. The fraction of sp³-hybridized carbons (Fsp3) is 0.333. The van der Waals surface area contributed by atoms with Crippen LogP contribution in [0.4, 0.5) is 0 Å². The molecule has 3 rings (SSSR count). The fourth-order valence-electron chi connectivity index (χ4n) is 2.45. The highest BCUT2D eigenvalue weighted by molar-refractivity contribution is 9.10. The van der Waals surface area contributed by atoms with Crippen LogP contribution in [0.25, 0.3) is 5.69 Å². The molecule has 1 fully saturated rings. The van der Waals surface area contributed by atoms with Gasteiger partial charge in [0.15, 0.2) is 5.69 Å². The Kier molecular flexibility index (Phi) is 6.17. The van der Waals surface area contributed by atoms with E-state index in [9.17, 15) is 9.90 Å². The van der Waals surface area contributed by atoms with Gasteiger partial charge in [-0.3, -0.25) is 4.79 Å². The Morgan fingerprint density at radius 3 is 2.96 bits per heavy atom. The van der Waals surface area contributed by atoms with E-state index in [-0.39, 0.29) is 24.2 Å². The zero-order valence-corrected chi connectivity index (χ0v) is 14.7. The Labute approximate surface area is 148 Å². The quantitative estimate of drug-likeness (QED) is 0.723. The molecule has 1 amide bonds. The second-order valence-electron chi connectivity index (χ2n) is 5.32. The first-order valence-corrected chi connectivity index (χ1v) is 7.91. The third-order valence-electron chi connectivity index (χ3n) is 3.72. The highest BCUT2D eigenvalue weighted by atomic mass is 79.9. The van der Waals surface area contributed by atoms with Gasteiger partial charge in [0.1, 0.15) is 0 Å². The number of nitrogens with one attached hydrogen (secondary N) is 2. The largest absolute Gasteiger partial charge is 0.391 e. The van der Waals surface area contributed by atoms with Crippen LogP contribution in [0.1, 0.15) is 10.5 Å². The van der Waals surface area contributed by atoms with Crippen molar-refractivity contribution >= 4 is 34.2 Å². The number of aliphatic hydroxyl groups excluding tert-OH is 1. The maximum Gasteiger partial charge on any atom is 0.271 e. The Morgan fingerprint density at radius 2 is 2.26 bits per heavy atom. The number of nitrogens with zero attached hydrogens (tertiary/aromatic N) is 2. The molecule has 0 radical (unpaired) electrons. The molecule has 0 bridgehead atoms. The van der Waals surface area contributed by atoms with Crippen LogP contribution in [-0.2, 0) is 0 Å². The molecule has 6 nitrogen and oxygen atoms in total. The van der Waals surface area contributed by atoms with Crippen molar-refractivity contribution in [1.82, 2.24) is 20.4 Å². The number of rotatable bonds is 4. The van der Waals surface area contributed by atoms with Gasteiger partial charge in [-0.1, -0.05) is 22.0 Å². The summed E-state index contributed by atoms with van der Waals surface area (Å²) in [5.74, 6) is -0.177. The van der Waals surface area contributed by atoms with E-state index < -0.39 is 6.10 Å². The molecule has 3 N–H and O–H groups in total. The van der Waals surface area contributed by atoms with Crippen LogP contribution in [0.3, 0.4) is 0 Å². The predicted molar refractivity (Wildman–Crippen MR) is 93.2 cm³/mol.